The highest BCUT2D eigenvalue weighted by molar-refractivity contribution is 6.14. The molecule has 206 valence electrons. The van der Waals surface area contributed by atoms with E-state index in [1.807, 2.05) is 48.5 Å². The van der Waals surface area contributed by atoms with E-state index in [0.717, 1.165) is 49.9 Å². The molecule has 0 atom stereocenters. The van der Waals surface area contributed by atoms with Crippen LogP contribution in [0.25, 0.3) is 83.3 Å². The van der Waals surface area contributed by atoms with Crippen molar-refractivity contribution in [2.75, 3.05) is 0 Å². The molecular formula is C40H25N3O. The second-order valence-corrected chi connectivity index (χ2v) is 11.0. The van der Waals surface area contributed by atoms with Crippen LogP contribution in [0, 0.1) is 0 Å². The largest absolute Gasteiger partial charge is 0.438 e. The highest BCUT2D eigenvalue weighted by atomic mass is 16.3. The van der Waals surface area contributed by atoms with Crippen LogP contribution in [0.3, 0.4) is 0 Å². The summed E-state index contributed by atoms with van der Waals surface area (Å²) >= 11 is 0. The highest BCUT2D eigenvalue weighted by Crippen LogP contribution is 2.40. The van der Waals surface area contributed by atoms with Crippen LogP contribution in [0.15, 0.2) is 156 Å². The van der Waals surface area contributed by atoms with Crippen molar-refractivity contribution in [2.45, 2.75) is 0 Å². The minimum Gasteiger partial charge on any atom is -0.438 e. The minimum absolute atomic E-state index is 0.593. The molecule has 0 unspecified atom stereocenters. The van der Waals surface area contributed by atoms with Gasteiger partial charge in [0, 0.05) is 33.0 Å². The maximum Gasteiger partial charge on any atom is 0.231 e. The summed E-state index contributed by atoms with van der Waals surface area (Å²) in [7, 11) is 0. The minimum atomic E-state index is 0.593. The van der Waals surface area contributed by atoms with Gasteiger partial charge in [0.15, 0.2) is 5.82 Å². The van der Waals surface area contributed by atoms with E-state index in [4.69, 9.17) is 14.4 Å². The fourth-order valence-electron chi connectivity index (χ4n) is 6.40. The lowest BCUT2D eigenvalue weighted by molar-refractivity contribution is 0.653. The van der Waals surface area contributed by atoms with Gasteiger partial charge in [-0.05, 0) is 47.5 Å². The quantitative estimate of drug-likeness (QED) is 0.214. The van der Waals surface area contributed by atoms with E-state index in [2.05, 4.69) is 108 Å². The molecule has 3 aromatic heterocycles. The normalized spacial score (nSPS) is 11.6. The van der Waals surface area contributed by atoms with Crippen LogP contribution in [-0.4, -0.2) is 14.5 Å². The smallest absolute Gasteiger partial charge is 0.231 e. The Morgan fingerprint density at radius 2 is 1.14 bits per heavy atom. The number of fused-ring (bicyclic) bond motifs is 6. The molecule has 0 N–H and O–H groups in total. The van der Waals surface area contributed by atoms with Crippen molar-refractivity contribution in [1.82, 2.24) is 14.5 Å². The molecule has 4 nitrogen and oxygen atoms in total. The first kappa shape index (κ1) is 24.6. The Morgan fingerprint density at radius 3 is 1.98 bits per heavy atom. The van der Waals surface area contributed by atoms with Crippen LogP contribution in [0.2, 0.25) is 0 Å². The third kappa shape index (κ3) is 3.85. The lowest BCUT2D eigenvalue weighted by Gasteiger charge is -2.11. The van der Waals surface area contributed by atoms with E-state index in [0.29, 0.717) is 11.5 Å². The average molecular weight is 564 g/mol. The Balaban J connectivity index is 1.30. The molecule has 0 amide bonds. The SMILES string of the molecule is c1ccc(-c2cccc(-n3c4ccccc4c4cc(-c5nc(-c6ccccc6)nc6oc7ccccc7c56)ccc43)c2)cc1. The first-order valence-corrected chi connectivity index (χ1v) is 14.8. The predicted molar refractivity (Wildman–Crippen MR) is 180 cm³/mol. The molecule has 0 saturated carbocycles. The van der Waals surface area contributed by atoms with Crippen molar-refractivity contribution in [3.8, 4) is 39.5 Å². The first-order chi connectivity index (χ1) is 21.8. The number of benzene rings is 6. The van der Waals surface area contributed by atoms with E-state index in [1.165, 1.54) is 21.9 Å². The van der Waals surface area contributed by atoms with Gasteiger partial charge in [0.1, 0.15) is 5.58 Å². The van der Waals surface area contributed by atoms with E-state index in [-0.39, 0.29) is 0 Å². The lowest BCUT2D eigenvalue weighted by Crippen LogP contribution is -1.95. The molecule has 0 radical (unpaired) electrons. The van der Waals surface area contributed by atoms with Gasteiger partial charge in [-0.2, -0.15) is 4.98 Å². The number of para-hydroxylation sites is 2. The van der Waals surface area contributed by atoms with Gasteiger partial charge in [-0.3, -0.25) is 0 Å². The summed E-state index contributed by atoms with van der Waals surface area (Å²) in [6.07, 6.45) is 0. The Hall–Kier alpha value is -6.00. The summed E-state index contributed by atoms with van der Waals surface area (Å²) in [5, 5.41) is 4.31. The van der Waals surface area contributed by atoms with Gasteiger partial charge < -0.3 is 8.98 Å². The molecule has 9 rings (SSSR count). The van der Waals surface area contributed by atoms with Crippen molar-refractivity contribution in [1.29, 1.82) is 0 Å². The van der Waals surface area contributed by atoms with Gasteiger partial charge >= 0.3 is 0 Å². The van der Waals surface area contributed by atoms with Crippen LogP contribution >= 0.6 is 0 Å². The topological polar surface area (TPSA) is 43.9 Å². The molecule has 4 heteroatoms. The maximum absolute atomic E-state index is 6.29. The van der Waals surface area contributed by atoms with Gasteiger partial charge in [-0.15, -0.1) is 0 Å². The number of nitrogens with zero attached hydrogens (tertiary/aromatic N) is 3. The summed E-state index contributed by atoms with van der Waals surface area (Å²) in [6, 6.07) is 52.8. The number of hydrogen-bond donors (Lipinski definition) is 0. The first-order valence-electron chi connectivity index (χ1n) is 14.8. The van der Waals surface area contributed by atoms with Crippen molar-refractivity contribution >= 4 is 43.9 Å². The fraction of sp³-hybridized carbons (Fsp3) is 0. The van der Waals surface area contributed by atoms with Crippen molar-refractivity contribution < 1.29 is 4.42 Å². The monoisotopic (exact) mass is 563 g/mol. The van der Waals surface area contributed by atoms with Gasteiger partial charge in [0.25, 0.3) is 0 Å². The molecule has 0 aliphatic carbocycles. The molecule has 44 heavy (non-hydrogen) atoms. The molecule has 6 aromatic carbocycles. The molecule has 0 bridgehead atoms. The summed E-state index contributed by atoms with van der Waals surface area (Å²) in [4.78, 5) is 10.1. The van der Waals surface area contributed by atoms with Crippen LogP contribution in [-0.2, 0) is 0 Å². The standard InChI is InChI=1S/C40H25N3O/c1-3-12-26(13-4-1)28-16-11-17-30(24-28)43-34-20-9-7-18-31(34)33-25-29(22-23-35(33)43)38-37-32-19-8-10-21-36(32)44-40(37)42-39(41-38)27-14-5-2-6-15-27/h1-25H. The van der Waals surface area contributed by atoms with Crippen LogP contribution in [0.5, 0.6) is 0 Å². The Kier molecular flexibility index (Phi) is 5.47. The lowest BCUT2D eigenvalue weighted by atomic mass is 10.0. The third-order valence-electron chi connectivity index (χ3n) is 8.43. The Labute approximate surface area is 253 Å². The van der Waals surface area contributed by atoms with Crippen LogP contribution in [0.4, 0.5) is 0 Å². The Morgan fingerprint density at radius 1 is 0.455 bits per heavy atom. The molecule has 0 fully saturated rings. The summed E-state index contributed by atoms with van der Waals surface area (Å²) in [6.45, 7) is 0. The van der Waals surface area contributed by atoms with Crippen molar-refractivity contribution in [3.05, 3.63) is 152 Å². The van der Waals surface area contributed by atoms with Crippen LogP contribution in [0.1, 0.15) is 0 Å². The predicted octanol–water partition coefficient (Wildman–Crippen LogP) is 10.5. The van der Waals surface area contributed by atoms with E-state index in [9.17, 15) is 0 Å². The number of furan rings is 1. The molecule has 3 heterocycles. The molecule has 0 aliphatic heterocycles. The molecule has 9 aromatic rings. The second-order valence-electron chi connectivity index (χ2n) is 11.0. The summed E-state index contributed by atoms with van der Waals surface area (Å²) < 4.78 is 8.65. The summed E-state index contributed by atoms with van der Waals surface area (Å²) in [5.74, 6) is 0.646. The van der Waals surface area contributed by atoms with E-state index in [1.54, 1.807) is 0 Å². The van der Waals surface area contributed by atoms with Gasteiger partial charge in [-0.25, -0.2) is 4.98 Å². The van der Waals surface area contributed by atoms with Crippen LogP contribution < -0.4 is 0 Å². The molecule has 0 spiro atoms. The van der Waals surface area contributed by atoms with Gasteiger partial charge in [0.2, 0.25) is 5.71 Å². The van der Waals surface area contributed by atoms with Gasteiger partial charge in [0.05, 0.1) is 22.1 Å². The zero-order valence-corrected chi connectivity index (χ0v) is 23.7. The van der Waals surface area contributed by atoms with E-state index < -0.39 is 0 Å². The average Bonchev–Trinajstić information content (AvgIpc) is 3.64. The molecular weight excluding hydrogens is 538 g/mol. The second kappa shape index (κ2) is 9.79. The van der Waals surface area contributed by atoms with Gasteiger partial charge in [-0.1, -0.05) is 115 Å². The Bertz CT molecular complexity index is 2490. The van der Waals surface area contributed by atoms with Crippen molar-refractivity contribution in [2.24, 2.45) is 0 Å². The fourth-order valence-corrected chi connectivity index (χ4v) is 6.40. The highest BCUT2D eigenvalue weighted by Gasteiger charge is 2.20. The number of aromatic nitrogens is 3. The molecule has 0 aliphatic rings. The number of rotatable bonds is 4. The molecule has 0 saturated heterocycles. The zero-order valence-electron chi connectivity index (χ0n) is 23.7. The number of hydrogen-bond acceptors (Lipinski definition) is 3. The maximum atomic E-state index is 6.29. The van der Waals surface area contributed by atoms with E-state index >= 15 is 0 Å². The third-order valence-corrected chi connectivity index (χ3v) is 8.43. The summed E-state index contributed by atoms with van der Waals surface area (Å²) in [5.41, 5.74) is 10.1. The van der Waals surface area contributed by atoms with Crippen molar-refractivity contribution in [3.63, 3.8) is 0 Å². The zero-order chi connectivity index (χ0) is 29.0.